The molecular formula is C15H21BrN2O. The van der Waals surface area contributed by atoms with Gasteiger partial charge in [-0.2, -0.15) is 0 Å². The molecule has 1 aliphatic rings. The Kier molecular flexibility index (Phi) is 5.40. The molecule has 0 saturated carbocycles. The topological polar surface area (TPSA) is 32.3 Å². The molecule has 3 nitrogen and oxygen atoms in total. The molecule has 1 fully saturated rings. The minimum atomic E-state index is 0.252. The highest BCUT2D eigenvalue weighted by Crippen LogP contribution is 2.18. The third-order valence-corrected chi connectivity index (χ3v) is 4.59. The van der Waals surface area contributed by atoms with Crippen molar-refractivity contribution in [1.29, 1.82) is 0 Å². The van der Waals surface area contributed by atoms with Crippen LogP contribution in [0.2, 0.25) is 0 Å². The van der Waals surface area contributed by atoms with Crippen LogP contribution in [-0.2, 0) is 11.2 Å². The van der Waals surface area contributed by atoms with Crippen molar-refractivity contribution >= 4 is 21.8 Å². The summed E-state index contributed by atoms with van der Waals surface area (Å²) in [6.45, 7) is 2.04. The van der Waals surface area contributed by atoms with Crippen LogP contribution < -0.4 is 5.32 Å². The van der Waals surface area contributed by atoms with E-state index >= 15 is 0 Å². The molecule has 1 amide bonds. The van der Waals surface area contributed by atoms with Gasteiger partial charge in [-0.05, 0) is 44.0 Å². The number of aryl methyl sites for hydroxylation is 1. The van der Waals surface area contributed by atoms with Gasteiger partial charge in [0.15, 0.2) is 0 Å². The molecule has 0 aromatic heterocycles. The minimum absolute atomic E-state index is 0.252. The molecule has 19 heavy (non-hydrogen) atoms. The van der Waals surface area contributed by atoms with Gasteiger partial charge in [-0.15, -0.1) is 0 Å². The Morgan fingerprint density at radius 1 is 1.37 bits per heavy atom. The van der Waals surface area contributed by atoms with Crippen molar-refractivity contribution in [3.8, 4) is 0 Å². The largest absolute Gasteiger partial charge is 0.343 e. The van der Waals surface area contributed by atoms with Crippen LogP contribution in [-0.4, -0.2) is 37.0 Å². The average Bonchev–Trinajstić information content (AvgIpc) is 2.46. The van der Waals surface area contributed by atoms with E-state index in [-0.39, 0.29) is 5.91 Å². The van der Waals surface area contributed by atoms with Crippen molar-refractivity contribution in [2.24, 2.45) is 0 Å². The van der Waals surface area contributed by atoms with Crippen LogP contribution in [0.15, 0.2) is 28.7 Å². The van der Waals surface area contributed by atoms with Gasteiger partial charge < -0.3 is 10.2 Å². The van der Waals surface area contributed by atoms with Gasteiger partial charge in [0.25, 0.3) is 0 Å². The van der Waals surface area contributed by atoms with E-state index in [2.05, 4.69) is 27.3 Å². The summed E-state index contributed by atoms with van der Waals surface area (Å²) in [6.07, 6.45) is 3.52. The van der Waals surface area contributed by atoms with E-state index in [0.717, 1.165) is 36.8 Å². The van der Waals surface area contributed by atoms with Crippen molar-refractivity contribution in [1.82, 2.24) is 10.2 Å². The van der Waals surface area contributed by atoms with Crippen LogP contribution in [0.25, 0.3) is 0 Å². The maximum Gasteiger partial charge on any atom is 0.222 e. The number of rotatable bonds is 4. The molecule has 1 heterocycles. The quantitative estimate of drug-likeness (QED) is 0.923. The number of benzene rings is 1. The zero-order valence-electron chi connectivity index (χ0n) is 11.4. The number of carbonyl (C=O) groups is 1. The predicted octanol–water partition coefficient (Wildman–Crippen LogP) is 2.59. The zero-order valence-corrected chi connectivity index (χ0v) is 12.9. The number of hydrogen-bond acceptors (Lipinski definition) is 2. The average molecular weight is 325 g/mol. The number of nitrogens with one attached hydrogen (secondary N) is 1. The summed E-state index contributed by atoms with van der Waals surface area (Å²) in [5, 5.41) is 3.33. The number of piperidine rings is 1. The molecule has 0 atom stereocenters. The van der Waals surface area contributed by atoms with Crippen LogP contribution in [0.1, 0.15) is 24.8 Å². The van der Waals surface area contributed by atoms with Crippen molar-refractivity contribution < 1.29 is 4.79 Å². The Labute approximate surface area is 123 Å². The molecule has 0 unspecified atom stereocenters. The molecule has 2 rings (SSSR count). The van der Waals surface area contributed by atoms with Crippen LogP contribution >= 0.6 is 15.9 Å². The molecular weight excluding hydrogens is 304 g/mol. The lowest BCUT2D eigenvalue weighted by Crippen LogP contribution is -2.44. The van der Waals surface area contributed by atoms with E-state index in [9.17, 15) is 4.79 Å². The first-order valence-electron chi connectivity index (χ1n) is 6.88. The fraction of sp³-hybridized carbons (Fsp3) is 0.533. The number of carbonyl (C=O) groups excluding carboxylic acids is 1. The first-order valence-corrected chi connectivity index (χ1v) is 7.67. The number of nitrogens with zero attached hydrogens (tertiary/aromatic N) is 1. The van der Waals surface area contributed by atoms with Gasteiger partial charge in [0, 0.05) is 24.0 Å². The van der Waals surface area contributed by atoms with Crippen LogP contribution in [0.4, 0.5) is 0 Å². The summed E-state index contributed by atoms with van der Waals surface area (Å²) in [5.74, 6) is 0.252. The summed E-state index contributed by atoms with van der Waals surface area (Å²) in [6, 6.07) is 8.52. The van der Waals surface area contributed by atoms with Crippen LogP contribution in [0.5, 0.6) is 0 Å². The first-order chi connectivity index (χ1) is 9.18. The van der Waals surface area contributed by atoms with Gasteiger partial charge in [0.1, 0.15) is 0 Å². The molecule has 0 bridgehead atoms. The minimum Gasteiger partial charge on any atom is -0.343 e. The molecule has 0 radical (unpaired) electrons. The van der Waals surface area contributed by atoms with E-state index in [0.29, 0.717) is 12.5 Å². The summed E-state index contributed by atoms with van der Waals surface area (Å²) in [5.41, 5.74) is 1.20. The number of hydrogen-bond donors (Lipinski definition) is 1. The lowest BCUT2D eigenvalue weighted by atomic mass is 10.0. The summed E-state index contributed by atoms with van der Waals surface area (Å²) in [7, 11) is 1.94. The van der Waals surface area contributed by atoms with Gasteiger partial charge in [-0.3, -0.25) is 4.79 Å². The van der Waals surface area contributed by atoms with E-state index in [1.165, 1.54) is 5.56 Å². The van der Waals surface area contributed by atoms with Gasteiger partial charge >= 0.3 is 0 Å². The summed E-state index contributed by atoms with van der Waals surface area (Å²) >= 11 is 3.53. The summed E-state index contributed by atoms with van der Waals surface area (Å²) < 4.78 is 1.09. The maximum absolute atomic E-state index is 12.2. The first kappa shape index (κ1) is 14.5. The van der Waals surface area contributed by atoms with Crippen molar-refractivity contribution in [2.45, 2.75) is 31.7 Å². The zero-order chi connectivity index (χ0) is 13.7. The van der Waals surface area contributed by atoms with Crippen molar-refractivity contribution in [3.05, 3.63) is 34.3 Å². The molecule has 1 aromatic carbocycles. The SMILES string of the molecule is CN(C(=O)CCc1ccccc1Br)C1CCNCC1. The molecule has 104 valence electrons. The molecule has 1 aromatic rings. The fourth-order valence-electron chi connectivity index (χ4n) is 2.52. The molecule has 1 aliphatic heterocycles. The summed E-state index contributed by atoms with van der Waals surface area (Å²) in [4.78, 5) is 14.2. The third-order valence-electron chi connectivity index (χ3n) is 3.82. The van der Waals surface area contributed by atoms with E-state index < -0.39 is 0 Å². The highest BCUT2D eigenvalue weighted by atomic mass is 79.9. The highest BCUT2D eigenvalue weighted by molar-refractivity contribution is 9.10. The number of amides is 1. The van der Waals surface area contributed by atoms with E-state index in [1.54, 1.807) is 0 Å². The van der Waals surface area contributed by atoms with Gasteiger partial charge in [-0.25, -0.2) is 0 Å². The second-order valence-corrected chi connectivity index (χ2v) is 5.93. The lowest BCUT2D eigenvalue weighted by Gasteiger charge is -2.31. The molecule has 0 aliphatic carbocycles. The predicted molar refractivity (Wildman–Crippen MR) is 81.1 cm³/mol. The maximum atomic E-state index is 12.2. The van der Waals surface area contributed by atoms with Crippen LogP contribution in [0.3, 0.4) is 0 Å². The van der Waals surface area contributed by atoms with E-state index in [1.807, 2.05) is 30.1 Å². The molecule has 1 saturated heterocycles. The second-order valence-electron chi connectivity index (χ2n) is 5.08. The fourth-order valence-corrected chi connectivity index (χ4v) is 3.00. The van der Waals surface area contributed by atoms with Gasteiger partial charge in [-0.1, -0.05) is 34.1 Å². The monoisotopic (exact) mass is 324 g/mol. The smallest absolute Gasteiger partial charge is 0.222 e. The Bertz CT molecular complexity index is 430. The molecule has 1 N–H and O–H groups in total. The van der Waals surface area contributed by atoms with Gasteiger partial charge in [0.2, 0.25) is 5.91 Å². The second kappa shape index (κ2) is 7.06. The third kappa shape index (κ3) is 4.05. The lowest BCUT2D eigenvalue weighted by molar-refractivity contribution is -0.132. The normalized spacial score (nSPS) is 16.3. The Hall–Kier alpha value is -0.870. The standard InChI is InChI=1S/C15H21BrN2O/c1-18(13-8-10-17-11-9-13)15(19)7-6-12-4-2-3-5-14(12)16/h2-5,13,17H,6-11H2,1H3. The molecule has 4 heteroatoms. The Morgan fingerprint density at radius 2 is 2.05 bits per heavy atom. The Morgan fingerprint density at radius 3 is 2.74 bits per heavy atom. The molecule has 0 spiro atoms. The van der Waals surface area contributed by atoms with Crippen molar-refractivity contribution in [3.63, 3.8) is 0 Å². The van der Waals surface area contributed by atoms with Gasteiger partial charge in [0.05, 0.1) is 0 Å². The highest BCUT2D eigenvalue weighted by Gasteiger charge is 2.21. The number of halogens is 1. The van der Waals surface area contributed by atoms with Crippen molar-refractivity contribution in [2.75, 3.05) is 20.1 Å². The Balaban J connectivity index is 1.85. The van der Waals surface area contributed by atoms with Crippen LogP contribution in [0, 0.1) is 0 Å². The van der Waals surface area contributed by atoms with E-state index in [4.69, 9.17) is 0 Å².